The fourth-order valence-electron chi connectivity index (χ4n) is 2.49. The second-order valence-corrected chi connectivity index (χ2v) is 4.87. The van der Waals surface area contributed by atoms with Gasteiger partial charge in [0, 0.05) is 33.1 Å². The molecule has 0 aromatic carbocycles. The average molecular weight is 233 g/mol. The molecule has 0 aromatic heterocycles. The summed E-state index contributed by atoms with van der Waals surface area (Å²) in [6.45, 7) is 4.99. The van der Waals surface area contributed by atoms with Gasteiger partial charge < -0.3 is 20.3 Å². The van der Waals surface area contributed by atoms with Gasteiger partial charge in [0.05, 0.1) is 11.4 Å². The Balaban J connectivity index is 1.80. The number of hydrogen-bond donors (Lipinski definition) is 2. The van der Waals surface area contributed by atoms with Crippen LogP contribution in [0.1, 0.15) is 13.3 Å². The summed E-state index contributed by atoms with van der Waals surface area (Å²) < 4.78 is 6.06. The Bertz CT molecular complexity index is 422. The van der Waals surface area contributed by atoms with Gasteiger partial charge in [-0.2, -0.15) is 0 Å². The number of allylic oxidation sites excluding steroid dienone is 2. The largest absolute Gasteiger partial charge is 0.467 e. The zero-order chi connectivity index (χ0) is 11.8. The third kappa shape index (κ3) is 1.82. The molecule has 1 atom stereocenters. The average Bonchev–Trinajstić information content (AvgIpc) is 2.69. The molecule has 2 N–H and O–H groups in total. The number of hydrogen-bond acceptors (Lipinski definition) is 4. The molecular weight excluding hydrogens is 214 g/mol. The number of nitrogens with zero attached hydrogens (tertiary/aromatic N) is 1. The molecule has 0 aliphatic carbocycles. The van der Waals surface area contributed by atoms with Gasteiger partial charge in [-0.3, -0.25) is 0 Å². The van der Waals surface area contributed by atoms with Gasteiger partial charge in [-0.15, -0.1) is 0 Å². The lowest BCUT2D eigenvalue weighted by Gasteiger charge is -2.27. The van der Waals surface area contributed by atoms with Gasteiger partial charge in [0.1, 0.15) is 5.76 Å². The van der Waals surface area contributed by atoms with E-state index in [1.54, 1.807) is 0 Å². The Morgan fingerprint density at radius 3 is 2.94 bits per heavy atom. The van der Waals surface area contributed by atoms with Crippen molar-refractivity contribution < 1.29 is 4.74 Å². The highest BCUT2D eigenvalue weighted by Gasteiger charge is 2.34. The van der Waals surface area contributed by atoms with Crippen LogP contribution in [0.5, 0.6) is 0 Å². The molecular formula is C13H19N3O. The van der Waals surface area contributed by atoms with E-state index in [9.17, 15) is 0 Å². The van der Waals surface area contributed by atoms with Crippen LogP contribution < -0.4 is 10.6 Å². The molecule has 0 saturated heterocycles. The minimum Gasteiger partial charge on any atom is -0.467 e. The fourth-order valence-corrected chi connectivity index (χ4v) is 2.49. The lowest BCUT2D eigenvalue weighted by atomic mass is 10.1. The molecule has 17 heavy (non-hydrogen) atoms. The highest BCUT2D eigenvalue weighted by molar-refractivity contribution is 5.29. The molecule has 4 nitrogen and oxygen atoms in total. The zero-order valence-electron chi connectivity index (χ0n) is 10.4. The molecule has 3 aliphatic rings. The molecule has 3 rings (SSSR count). The standard InChI is InChI=1S/C13H19N3O/c1-9-3-4-10(15-7-9)13-16(2)11-8-14-6-5-12(11)17-13/h3-4,13-15H,5-8H2,1-2H3. The van der Waals surface area contributed by atoms with Gasteiger partial charge in [0.15, 0.2) is 0 Å². The van der Waals surface area contributed by atoms with E-state index >= 15 is 0 Å². The highest BCUT2D eigenvalue weighted by atomic mass is 16.5. The first kappa shape index (κ1) is 10.7. The molecule has 0 fully saturated rings. The van der Waals surface area contributed by atoms with E-state index in [1.165, 1.54) is 11.3 Å². The van der Waals surface area contributed by atoms with Crippen molar-refractivity contribution in [2.45, 2.75) is 19.6 Å². The molecule has 4 heteroatoms. The van der Waals surface area contributed by atoms with E-state index in [0.29, 0.717) is 0 Å². The van der Waals surface area contributed by atoms with Crippen molar-refractivity contribution in [3.8, 4) is 0 Å². The van der Waals surface area contributed by atoms with Crippen molar-refractivity contribution in [3.05, 3.63) is 34.9 Å². The Morgan fingerprint density at radius 2 is 2.24 bits per heavy atom. The summed E-state index contributed by atoms with van der Waals surface area (Å²) in [5.41, 5.74) is 3.82. The Kier molecular flexibility index (Phi) is 2.59. The van der Waals surface area contributed by atoms with Crippen LogP contribution in [-0.2, 0) is 4.74 Å². The molecule has 92 valence electrons. The number of dihydropyridines is 1. The smallest absolute Gasteiger partial charge is 0.212 e. The van der Waals surface area contributed by atoms with Gasteiger partial charge in [-0.1, -0.05) is 11.6 Å². The molecule has 0 bridgehead atoms. The SMILES string of the molecule is CC1=CC=C(C2OC3=C(CNCC3)N2C)NC1. The van der Waals surface area contributed by atoms with E-state index in [1.807, 2.05) is 0 Å². The van der Waals surface area contributed by atoms with Gasteiger partial charge >= 0.3 is 0 Å². The van der Waals surface area contributed by atoms with E-state index in [0.717, 1.165) is 37.5 Å². The predicted molar refractivity (Wildman–Crippen MR) is 67.0 cm³/mol. The summed E-state index contributed by atoms with van der Waals surface area (Å²) in [7, 11) is 2.10. The van der Waals surface area contributed by atoms with Crippen LogP contribution in [-0.4, -0.2) is 37.8 Å². The van der Waals surface area contributed by atoms with Crippen LogP contribution in [0.3, 0.4) is 0 Å². The van der Waals surface area contributed by atoms with Crippen LogP contribution in [0.2, 0.25) is 0 Å². The number of rotatable bonds is 1. The maximum absolute atomic E-state index is 6.06. The van der Waals surface area contributed by atoms with Crippen LogP contribution in [0.25, 0.3) is 0 Å². The van der Waals surface area contributed by atoms with E-state index in [-0.39, 0.29) is 6.23 Å². The first-order valence-electron chi connectivity index (χ1n) is 6.19. The lowest BCUT2D eigenvalue weighted by Crippen LogP contribution is -2.38. The molecule has 3 aliphatic heterocycles. The van der Waals surface area contributed by atoms with Crippen molar-refractivity contribution in [2.24, 2.45) is 0 Å². The maximum atomic E-state index is 6.06. The summed E-state index contributed by atoms with van der Waals surface area (Å²) in [6, 6.07) is 0. The number of likely N-dealkylation sites (N-methyl/N-ethyl adjacent to an activating group) is 1. The second kappa shape index (κ2) is 4.11. The van der Waals surface area contributed by atoms with E-state index in [2.05, 4.69) is 41.7 Å². The van der Waals surface area contributed by atoms with Crippen LogP contribution in [0.15, 0.2) is 34.9 Å². The fraction of sp³-hybridized carbons (Fsp3) is 0.538. The van der Waals surface area contributed by atoms with Crippen molar-refractivity contribution >= 4 is 0 Å². The van der Waals surface area contributed by atoms with Gasteiger partial charge in [-0.05, 0) is 13.0 Å². The van der Waals surface area contributed by atoms with Crippen LogP contribution in [0.4, 0.5) is 0 Å². The van der Waals surface area contributed by atoms with E-state index < -0.39 is 0 Å². The van der Waals surface area contributed by atoms with Crippen molar-refractivity contribution in [2.75, 3.05) is 26.7 Å². The summed E-state index contributed by atoms with van der Waals surface area (Å²) in [5.74, 6) is 1.16. The zero-order valence-corrected chi connectivity index (χ0v) is 10.4. The molecule has 3 heterocycles. The topological polar surface area (TPSA) is 36.5 Å². The Morgan fingerprint density at radius 1 is 1.35 bits per heavy atom. The van der Waals surface area contributed by atoms with E-state index in [4.69, 9.17) is 4.74 Å². The Hall–Kier alpha value is -1.42. The van der Waals surface area contributed by atoms with Gasteiger partial charge in [-0.25, -0.2) is 0 Å². The third-order valence-corrected chi connectivity index (χ3v) is 3.56. The Labute approximate surface area is 102 Å². The monoisotopic (exact) mass is 233 g/mol. The minimum atomic E-state index is 0.0317. The molecule has 0 spiro atoms. The van der Waals surface area contributed by atoms with Gasteiger partial charge in [0.2, 0.25) is 6.23 Å². The first-order chi connectivity index (χ1) is 8.25. The molecule has 0 amide bonds. The summed E-state index contributed by atoms with van der Waals surface area (Å²) in [6.07, 6.45) is 5.33. The second-order valence-electron chi connectivity index (χ2n) is 4.87. The van der Waals surface area contributed by atoms with Crippen molar-refractivity contribution in [1.82, 2.24) is 15.5 Å². The van der Waals surface area contributed by atoms with Crippen LogP contribution in [0, 0.1) is 0 Å². The molecule has 1 unspecified atom stereocenters. The highest BCUT2D eigenvalue weighted by Crippen LogP contribution is 2.31. The van der Waals surface area contributed by atoms with Crippen molar-refractivity contribution in [1.29, 1.82) is 0 Å². The minimum absolute atomic E-state index is 0.0317. The summed E-state index contributed by atoms with van der Waals surface area (Å²) in [4.78, 5) is 2.23. The molecule has 0 radical (unpaired) electrons. The molecule has 0 saturated carbocycles. The quantitative estimate of drug-likeness (QED) is 0.706. The predicted octanol–water partition coefficient (Wildman–Crippen LogP) is 0.913. The maximum Gasteiger partial charge on any atom is 0.212 e. The number of nitrogens with one attached hydrogen (secondary N) is 2. The van der Waals surface area contributed by atoms with Crippen LogP contribution >= 0.6 is 0 Å². The summed E-state index contributed by atoms with van der Waals surface area (Å²) in [5, 5.41) is 6.82. The van der Waals surface area contributed by atoms with Gasteiger partial charge in [0.25, 0.3) is 0 Å². The molecule has 0 aromatic rings. The summed E-state index contributed by atoms with van der Waals surface area (Å²) >= 11 is 0. The lowest BCUT2D eigenvalue weighted by molar-refractivity contribution is 0.0781. The number of ether oxygens (including phenoxy) is 1. The van der Waals surface area contributed by atoms with Crippen molar-refractivity contribution in [3.63, 3.8) is 0 Å². The third-order valence-electron chi connectivity index (χ3n) is 3.56. The normalized spacial score (nSPS) is 28.1. The first-order valence-corrected chi connectivity index (χ1v) is 6.19.